The van der Waals surface area contributed by atoms with Crippen LogP contribution in [0.25, 0.3) is 0 Å². The summed E-state index contributed by atoms with van der Waals surface area (Å²) in [6.07, 6.45) is 48.5. The van der Waals surface area contributed by atoms with Crippen LogP contribution in [0.5, 0.6) is 0 Å². The SMILES string of the molecule is CCCCCCCCCCCCCCCCC(=O)OC[C@H](COP(=O)(O)OC[C@@H](O)COP(=O)(O)OC[C@@H](COC(=O)CCCCCCCCC(C)CC)OC(=O)CCCCCCCCCCCCC(C)C)OC(=O)CCCCCCCCCCCCCCC(C)C. The molecular formula is C73H142O17P2. The fourth-order valence-corrected chi connectivity index (χ4v) is 12.6. The second kappa shape index (κ2) is 63.8. The number of phosphoric ester groups is 2. The summed E-state index contributed by atoms with van der Waals surface area (Å²) >= 11 is 0. The van der Waals surface area contributed by atoms with Crippen LogP contribution in [0.3, 0.4) is 0 Å². The molecule has 0 rings (SSSR count). The average molecular weight is 1350 g/mol. The molecule has 0 aromatic carbocycles. The van der Waals surface area contributed by atoms with E-state index in [0.717, 1.165) is 114 Å². The summed E-state index contributed by atoms with van der Waals surface area (Å²) in [7, 11) is -9.91. The number of carbonyl (C=O) groups excluding carboxylic acids is 4. The molecule has 3 unspecified atom stereocenters. The molecule has 0 saturated carbocycles. The highest BCUT2D eigenvalue weighted by molar-refractivity contribution is 7.47. The monoisotopic (exact) mass is 1350 g/mol. The Morgan fingerprint density at radius 2 is 0.554 bits per heavy atom. The van der Waals surface area contributed by atoms with Gasteiger partial charge in [-0.3, -0.25) is 37.3 Å². The van der Waals surface area contributed by atoms with E-state index < -0.39 is 97.5 Å². The molecule has 17 nitrogen and oxygen atoms in total. The van der Waals surface area contributed by atoms with Crippen molar-refractivity contribution in [1.29, 1.82) is 0 Å². The maximum absolute atomic E-state index is 13.1. The Hall–Kier alpha value is -1.94. The molecule has 3 N–H and O–H groups in total. The zero-order chi connectivity index (χ0) is 68.0. The van der Waals surface area contributed by atoms with Crippen LogP contribution in [0.1, 0.15) is 370 Å². The number of carbonyl (C=O) groups is 4. The molecule has 19 heteroatoms. The van der Waals surface area contributed by atoms with Crippen LogP contribution in [0.15, 0.2) is 0 Å². The Labute approximate surface area is 562 Å². The molecule has 0 fully saturated rings. The molecule has 0 aliphatic carbocycles. The maximum atomic E-state index is 13.1. The van der Waals surface area contributed by atoms with Crippen molar-refractivity contribution < 1.29 is 80.2 Å². The van der Waals surface area contributed by atoms with Gasteiger partial charge >= 0.3 is 39.5 Å². The predicted octanol–water partition coefficient (Wildman–Crippen LogP) is 21.0. The van der Waals surface area contributed by atoms with E-state index in [4.69, 9.17) is 37.0 Å². The third-order valence-electron chi connectivity index (χ3n) is 17.2. The van der Waals surface area contributed by atoms with Gasteiger partial charge in [-0.05, 0) is 43.4 Å². The summed E-state index contributed by atoms with van der Waals surface area (Å²) in [5.74, 6) is 0.138. The van der Waals surface area contributed by atoms with E-state index in [-0.39, 0.29) is 25.7 Å². The second-order valence-corrected chi connectivity index (χ2v) is 30.4. The zero-order valence-electron chi connectivity index (χ0n) is 60.0. The van der Waals surface area contributed by atoms with Gasteiger partial charge in [-0.1, -0.05) is 318 Å². The van der Waals surface area contributed by atoms with E-state index in [1.165, 1.54) is 173 Å². The van der Waals surface area contributed by atoms with E-state index in [0.29, 0.717) is 25.7 Å². The number of phosphoric acid groups is 2. The standard InChI is InChI=1S/C73H142O17P2/c1-8-10-11-12-13-14-15-16-17-21-27-32-40-47-54-70(75)83-60-68(89-72(77)56-49-42-33-28-22-19-18-20-25-30-37-44-51-64(3)4)62-87-91(79,80)85-58-67(74)59-86-92(81,82)88-63-69(61-84-71(76)55-48-41-36-35-39-46-53-66(7)9-2)90-73(78)57-50-43-34-29-24-23-26-31-38-45-52-65(5)6/h64-69,74H,8-63H2,1-7H3,(H,79,80)(H,81,82)/t66?,67-,68-,69-/m1/s1. The van der Waals surface area contributed by atoms with Gasteiger partial charge in [-0.2, -0.15) is 0 Å². The number of aliphatic hydroxyl groups is 1. The molecule has 0 bridgehead atoms. The van der Waals surface area contributed by atoms with Crippen LogP contribution in [-0.2, 0) is 65.4 Å². The van der Waals surface area contributed by atoms with E-state index >= 15 is 0 Å². The second-order valence-electron chi connectivity index (χ2n) is 27.5. The number of aliphatic hydroxyl groups excluding tert-OH is 1. The van der Waals surface area contributed by atoms with E-state index in [1.807, 2.05) is 0 Å². The first-order valence-corrected chi connectivity index (χ1v) is 40.9. The van der Waals surface area contributed by atoms with Crippen LogP contribution in [-0.4, -0.2) is 96.7 Å². The number of hydrogen-bond acceptors (Lipinski definition) is 15. The number of unbranched alkanes of at least 4 members (excludes halogenated alkanes) is 38. The fraction of sp³-hybridized carbons (Fsp3) is 0.945. The van der Waals surface area contributed by atoms with Crippen molar-refractivity contribution >= 4 is 39.5 Å². The highest BCUT2D eigenvalue weighted by atomic mass is 31.2. The van der Waals surface area contributed by atoms with E-state index in [2.05, 4.69) is 48.5 Å². The fourth-order valence-electron chi connectivity index (χ4n) is 11.0. The van der Waals surface area contributed by atoms with Gasteiger partial charge in [-0.25, -0.2) is 9.13 Å². The summed E-state index contributed by atoms with van der Waals surface area (Å²) < 4.78 is 68.4. The lowest BCUT2D eigenvalue weighted by Crippen LogP contribution is -2.30. The molecule has 0 aliphatic heterocycles. The predicted molar refractivity (Wildman–Crippen MR) is 372 cm³/mol. The van der Waals surface area contributed by atoms with Gasteiger partial charge in [0.25, 0.3) is 0 Å². The van der Waals surface area contributed by atoms with Crippen LogP contribution in [0.4, 0.5) is 0 Å². The molecule has 92 heavy (non-hydrogen) atoms. The van der Waals surface area contributed by atoms with Crippen molar-refractivity contribution in [1.82, 2.24) is 0 Å². The van der Waals surface area contributed by atoms with Gasteiger partial charge in [0.15, 0.2) is 12.2 Å². The van der Waals surface area contributed by atoms with Crippen LogP contribution in [0, 0.1) is 17.8 Å². The summed E-state index contributed by atoms with van der Waals surface area (Å²) in [6.45, 7) is 11.8. The van der Waals surface area contributed by atoms with Crippen molar-refractivity contribution in [3.63, 3.8) is 0 Å². The maximum Gasteiger partial charge on any atom is 0.472 e. The van der Waals surface area contributed by atoms with Gasteiger partial charge in [0.2, 0.25) is 0 Å². The largest absolute Gasteiger partial charge is 0.472 e. The third kappa shape index (κ3) is 65.4. The number of ether oxygens (including phenoxy) is 4. The average Bonchev–Trinajstić information content (AvgIpc) is 1.47. The molecule has 0 spiro atoms. The summed E-state index contributed by atoms with van der Waals surface area (Å²) in [6, 6.07) is 0. The number of esters is 4. The van der Waals surface area contributed by atoms with Gasteiger partial charge in [0, 0.05) is 25.7 Å². The van der Waals surface area contributed by atoms with Crippen LogP contribution < -0.4 is 0 Å². The van der Waals surface area contributed by atoms with Gasteiger partial charge in [0.1, 0.15) is 19.3 Å². The lowest BCUT2D eigenvalue weighted by molar-refractivity contribution is -0.161. The highest BCUT2D eigenvalue weighted by Gasteiger charge is 2.30. The zero-order valence-corrected chi connectivity index (χ0v) is 61.8. The first-order valence-electron chi connectivity index (χ1n) is 37.9. The van der Waals surface area contributed by atoms with Crippen molar-refractivity contribution in [3.05, 3.63) is 0 Å². The number of rotatable bonds is 71. The Bertz CT molecular complexity index is 1800. The molecule has 0 radical (unpaired) electrons. The molecule has 0 saturated heterocycles. The first kappa shape index (κ1) is 90.1. The van der Waals surface area contributed by atoms with Crippen LogP contribution >= 0.6 is 15.6 Å². The van der Waals surface area contributed by atoms with Crippen molar-refractivity contribution in [2.24, 2.45) is 17.8 Å². The van der Waals surface area contributed by atoms with Crippen molar-refractivity contribution in [2.75, 3.05) is 39.6 Å². The molecule has 6 atom stereocenters. The molecule has 0 aromatic heterocycles. The van der Waals surface area contributed by atoms with Crippen LogP contribution in [0.2, 0.25) is 0 Å². The highest BCUT2D eigenvalue weighted by Crippen LogP contribution is 2.45. The van der Waals surface area contributed by atoms with Crippen molar-refractivity contribution in [3.8, 4) is 0 Å². The molecule has 546 valence electrons. The molecular weight excluding hydrogens is 1210 g/mol. The summed E-state index contributed by atoms with van der Waals surface area (Å²) in [5, 5.41) is 10.6. The van der Waals surface area contributed by atoms with Crippen molar-refractivity contribution in [2.45, 2.75) is 388 Å². The Morgan fingerprint density at radius 3 is 0.826 bits per heavy atom. The molecule has 0 aliphatic rings. The lowest BCUT2D eigenvalue weighted by Gasteiger charge is -2.21. The molecule has 0 aromatic rings. The first-order chi connectivity index (χ1) is 44.3. The van der Waals surface area contributed by atoms with Gasteiger partial charge in [-0.15, -0.1) is 0 Å². The smallest absolute Gasteiger partial charge is 0.462 e. The third-order valence-corrected chi connectivity index (χ3v) is 19.1. The van der Waals surface area contributed by atoms with Gasteiger partial charge in [0.05, 0.1) is 26.4 Å². The topological polar surface area (TPSA) is 237 Å². The molecule has 0 amide bonds. The normalized spacial score (nSPS) is 14.4. The Balaban J connectivity index is 5.26. The van der Waals surface area contributed by atoms with E-state index in [1.54, 1.807) is 0 Å². The minimum atomic E-state index is -4.95. The summed E-state index contributed by atoms with van der Waals surface area (Å²) in [4.78, 5) is 72.7. The quantitative estimate of drug-likeness (QED) is 0.0222. The minimum Gasteiger partial charge on any atom is -0.462 e. The number of hydrogen-bond donors (Lipinski definition) is 3. The molecule has 0 heterocycles. The lowest BCUT2D eigenvalue weighted by atomic mass is 10.00. The summed E-state index contributed by atoms with van der Waals surface area (Å²) in [5.41, 5.74) is 0. The Morgan fingerprint density at radius 1 is 0.315 bits per heavy atom. The Kier molecular flexibility index (Phi) is 62.4. The van der Waals surface area contributed by atoms with E-state index in [9.17, 15) is 43.2 Å². The van der Waals surface area contributed by atoms with Gasteiger partial charge < -0.3 is 33.8 Å². The minimum absolute atomic E-state index is 0.105.